The molecule has 1 saturated carbocycles. The van der Waals surface area contributed by atoms with Gasteiger partial charge in [-0.2, -0.15) is 0 Å². The molecule has 0 amide bonds. The zero-order chi connectivity index (χ0) is 12.8. The van der Waals surface area contributed by atoms with Gasteiger partial charge in [-0.05, 0) is 19.3 Å². The Labute approximate surface area is 102 Å². The number of hydrogen-bond donors (Lipinski definition) is 0. The minimum absolute atomic E-state index is 0.0394. The van der Waals surface area contributed by atoms with Crippen LogP contribution in [0.5, 0.6) is 0 Å². The van der Waals surface area contributed by atoms with Crippen molar-refractivity contribution in [2.45, 2.75) is 39.5 Å². The number of unbranched alkanes of at least 4 members (excludes halogenated alkanes) is 1. The Morgan fingerprint density at radius 1 is 1.29 bits per heavy atom. The highest BCUT2D eigenvalue weighted by Crippen LogP contribution is 2.24. The van der Waals surface area contributed by atoms with Crippen molar-refractivity contribution in [2.75, 3.05) is 13.2 Å². The van der Waals surface area contributed by atoms with Gasteiger partial charge in [0.15, 0.2) is 11.6 Å². The van der Waals surface area contributed by atoms with E-state index in [0.29, 0.717) is 26.1 Å². The predicted octanol–water partition coefficient (Wildman–Crippen LogP) is 1.56. The van der Waals surface area contributed by atoms with Crippen molar-refractivity contribution in [3.05, 3.63) is 0 Å². The predicted molar refractivity (Wildman–Crippen MR) is 62.6 cm³/mol. The summed E-state index contributed by atoms with van der Waals surface area (Å²) in [5, 5.41) is 0. The Balaban J connectivity index is 2.40. The molecule has 0 spiro atoms. The topological polar surface area (TPSA) is 60.4 Å². The van der Waals surface area contributed by atoms with E-state index in [0.717, 1.165) is 12.8 Å². The fourth-order valence-corrected chi connectivity index (χ4v) is 2.12. The van der Waals surface area contributed by atoms with E-state index < -0.39 is 5.92 Å². The summed E-state index contributed by atoms with van der Waals surface area (Å²) in [5.41, 5.74) is 0. The molecular weight excluding hydrogens is 220 g/mol. The van der Waals surface area contributed by atoms with Crippen LogP contribution in [0.15, 0.2) is 0 Å². The second-order valence-electron chi connectivity index (χ2n) is 4.68. The molecule has 4 heteroatoms. The highest BCUT2D eigenvalue weighted by molar-refractivity contribution is 6.20. The Morgan fingerprint density at radius 2 is 1.88 bits per heavy atom. The molecule has 0 heterocycles. The third kappa shape index (κ3) is 4.04. The van der Waals surface area contributed by atoms with Gasteiger partial charge in [0.05, 0.1) is 6.61 Å². The summed E-state index contributed by atoms with van der Waals surface area (Å²) in [6, 6.07) is 0. The largest absolute Gasteiger partial charge is 0.381 e. The summed E-state index contributed by atoms with van der Waals surface area (Å²) in [6.07, 6.45) is 2.64. The lowest BCUT2D eigenvalue weighted by Crippen LogP contribution is -2.38. The van der Waals surface area contributed by atoms with E-state index in [1.54, 1.807) is 0 Å². The summed E-state index contributed by atoms with van der Waals surface area (Å²) in [7, 11) is 0. The Morgan fingerprint density at radius 3 is 2.35 bits per heavy atom. The molecule has 96 valence electrons. The SMILES string of the molecule is CCCCOCC1CC(=O)C(C(C)=O)C(=O)C1. The zero-order valence-electron chi connectivity index (χ0n) is 10.5. The standard InChI is InChI=1S/C13H20O4/c1-3-4-5-17-8-10-6-11(15)13(9(2)14)12(16)7-10/h10,13H,3-8H2,1-2H3. The van der Waals surface area contributed by atoms with Crippen molar-refractivity contribution in [1.82, 2.24) is 0 Å². The van der Waals surface area contributed by atoms with Crippen LogP contribution in [-0.4, -0.2) is 30.6 Å². The van der Waals surface area contributed by atoms with E-state index in [-0.39, 0.29) is 23.3 Å². The molecule has 0 aromatic rings. The van der Waals surface area contributed by atoms with Crippen LogP contribution in [0.3, 0.4) is 0 Å². The highest BCUT2D eigenvalue weighted by Gasteiger charge is 2.38. The first-order valence-corrected chi connectivity index (χ1v) is 6.19. The van der Waals surface area contributed by atoms with Crippen molar-refractivity contribution >= 4 is 17.3 Å². The van der Waals surface area contributed by atoms with Gasteiger partial charge < -0.3 is 4.74 Å². The second-order valence-corrected chi connectivity index (χ2v) is 4.68. The third-order valence-corrected chi connectivity index (χ3v) is 3.03. The Hall–Kier alpha value is -1.03. The van der Waals surface area contributed by atoms with Gasteiger partial charge in [-0.15, -0.1) is 0 Å². The molecule has 1 aliphatic carbocycles. The van der Waals surface area contributed by atoms with Crippen molar-refractivity contribution in [3.8, 4) is 0 Å². The van der Waals surface area contributed by atoms with Gasteiger partial charge in [0, 0.05) is 19.4 Å². The van der Waals surface area contributed by atoms with Crippen LogP contribution >= 0.6 is 0 Å². The van der Waals surface area contributed by atoms with E-state index >= 15 is 0 Å². The van der Waals surface area contributed by atoms with E-state index in [4.69, 9.17) is 4.74 Å². The van der Waals surface area contributed by atoms with Crippen LogP contribution in [0.25, 0.3) is 0 Å². The van der Waals surface area contributed by atoms with Crippen LogP contribution < -0.4 is 0 Å². The highest BCUT2D eigenvalue weighted by atomic mass is 16.5. The van der Waals surface area contributed by atoms with E-state index in [9.17, 15) is 14.4 Å². The first kappa shape index (κ1) is 14.0. The minimum atomic E-state index is -0.998. The molecule has 0 aromatic heterocycles. The van der Waals surface area contributed by atoms with E-state index in [1.807, 2.05) is 0 Å². The number of hydrogen-bond acceptors (Lipinski definition) is 4. The van der Waals surface area contributed by atoms with Gasteiger partial charge in [0.25, 0.3) is 0 Å². The summed E-state index contributed by atoms with van der Waals surface area (Å²) in [6.45, 7) is 4.50. The summed E-state index contributed by atoms with van der Waals surface area (Å²) >= 11 is 0. The molecule has 0 aromatic carbocycles. The molecule has 17 heavy (non-hydrogen) atoms. The van der Waals surface area contributed by atoms with Gasteiger partial charge in [0.1, 0.15) is 11.7 Å². The molecule has 4 nitrogen and oxygen atoms in total. The molecule has 0 N–H and O–H groups in total. The number of carbonyl (C=O) groups excluding carboxylic acids is 3. The molecule has 0 bridgehead atoms. The molecular formula is C13H20O4. The van der Waals surface area contributed by atoms with Crippen molar-refractivity contribution in [1.29, 1.82) is 0 Å². The maximum absolute atomic E-state index is 11.6. The molecule has 1 rings (SSSR count). The van der Waals surface area contributed by atoms with Gasteiger partial charge >= 0.3 is 0 Å². The van der Waals surface area contributed by atoms with Gasteiger partial charge in [-0.1, -0.05) is 13.3 Å². The minimum Gasteiger partial charge on any atom is -0.381 e. The molecule has 0 saturated heterocycles. The van der Waals surface area contributed by atoms with Crippen molar-refractivity contribution in [3.63, 3.8) is 0 Å². The number of ether oxygens (including phenoxy) is 1. The maximum atomic E-state index is 11.6. The number of carbonyl (C=O) groups is 3. The average molecular weight is 240 g/mol. The maximum Gasteiger partial charge on any atom is 0.151 e. The van der Waals surface area contributed by atoms with E-state index in [1.165, 1.54) is 6.92 Å². The zero-order valence-corrected chi connectivity index (χ0v) is 10.5. The molecule has 0 aliphatic heterocycles. The monoisotopic (exact) mass is 240 g/mol. The Kier molecular flexibility index (Phi) is 5.48. The summed E-state index contributed by atoms with van der Waals surface area (Å²) in [4.78, 5) is 34.4. The van der Waals surface area contributed by atoms with Crippen LogP contribution in [0.2, 0.25) is 0 Å². The smallest absolute Gasteiger partial charge is 0.151 e. The lowest BCUT2D eigenvalue weighted by molar-refractivity contribution is -0.143. The summed E-state index contributed by atoms with van der Waals surface area (Å²) < 4.78 is 5.42. The normalized spacial score (nSPS) is 25.1. The first-order valence-electron chi connectivity index (χ1n) is 6.19. The van der Waals surface area contributed by atoms with Crippen LogP contribution in [0.4, 0.5) is 0 Å². The van der Waals surface area contributed by atoms with Crippen molar-refractivity contribution < 1.29 is 19.1 Å². The quantitative estimate of drug-likeness (QED) is 0.522. The van der Waals surface area contributed by atoms with E-state index in [2.05, 4.69) is 6.92 Å². The fraction of sp³-hybridized carbons (Fsp3) is 0.769. The molecule has 1 aliphatic rings. The number of rotatable bonds is 6. The van der Waals surface area contributed by atoms with Crippen LogP contribution in [0, 0.1) is 11.8 Å². The van der Waals surface area contributed by atoms with Gasteiger partial charge in [0.2, 0.25) is 0 Å². The summed E-state index contributed by atoms with van der Waals surface area (Å²) in [5.74, 6) is -1.84. The average Bonchev–Trinajstić information content (AvgIpc) is 2.23. The molecule has 0 atom stereocenters. The van der Waals surface area contributed by atoms with Gasteiger partial charge in [-0.25, -0.2) is 0 Å². The molecule has 0 unspecified atom stereocenters. The van der Waals surface area contributed by atoms with Gasteiger partial charge in [-0.3, -0.25) is 14.4 Å². The Bertz CT molecular complexity index is 291. The van der Waals surface area contributed by atoms with Crippen LogP contribution in [-0.2, 0) is 19.1 Å². The van der Waals surface area contributed by atoms with Crippen LogP contribution in [0.1, 0.15) is 39.5 Å². The number of ketones is 3. The van der Waals surface area contributed by atoms with Crippen molar-refractivity contribution in [2.24, 2.45) is 11.8 Å². The fourth-order valence-electron chi connectivity index (χ4n) is 2.12. The number of Topliss-reactive ketones (excluding diaryl/α,β-unsaturated/α-hetero) is 3. The molecule has 0 radical (unpaired) electrons. The second kappa shape index (κ2) is 6.64. The first-order chi connectivity index (χ1) is 8.06. The third-order valence-electron chi connectivity index (χ3n) is 3.03. The lowest BCUT2D eigenvalue weighted by Gasteiger charge is -2.24. The lowest BCUT2D eigenvalue weighted by atomic mass is 9.78. The molecule has 1 fully saturated rings.